The van der Waals surface area contributed by atoms with Crippen LogP contribution in [0.3, 0.4) is 0 Å². The van der Waals surface area contributed by atoms with Gasteiger partial charge in [-0.15, -0.1) is 0 Å². The van der Waals surface area contributed by atoms with Crippen LogP contribution in [-0.4, -0.2) is 30.3 Å². The fourth-order valence-electron chi connectivity index (χ4n) is 1.16. The molecule has 1 aromatic rings. The number of hydrogen-bond donors (Lipinski definition) is 0. The van der Waals surface area contributed by atoms with E-state index in [0.29, 0.717) is 5.56 Å². The normalized spacial score (nSPS) is 11.9. The molecular weight excluding hydrogens is 193 g/mol. The molecule has 0 unspecified atom stereocenters. The Labute approximate surface area is 89.7 Å². The van der Waals surface area contributed by atoms with Crippen molar-refractivity contribution in [2.45, 2.75) is 19.4 Å². The van der Waals surface area contributed by atoms with Crippen LogP contribution in [0.2, 0.25) is 0 Å². The van der Waals surface area contributed by atoms with Crippen molar-refractivity contribution in [3.8, 4) is 0 Å². The van der Waals surface area contributed by atoms with Crippen molar-refractivity contribution >= 4 is 5.78 Å². The van der Waals surface area contributed by atoms with Gasteiger partial charge in [-0.05, 0) is 52.2 Å². The second-order valence-electron chi connectivity index (χ2n) is 4.29. The fraction of sp³-hybridized carbons (Fsp3) is 0.417. The van der Waals surface area contributed by atoms with Gasteiger partial charge in [-0.1, -0.05) is 0 Å². The van der Waals surface area contributed by atoms with E-state index in [9.17, 15) is 9.18 Å². The molecule has 0 fully saturated rings. The lowest BCUT2D eigenvalue weighted by Crippen LogP contribution is -2.45. The summed E-state index contributed by atoms with van der Waals surface area (Å²) in [4.78, 5) is 13.9. The standard InChI is InChI=1S/C12H16FNO/c1-12(2,14(3)4)11(15)9-5-7-10(13)8-6-9/h5-8H,1-4H3. The van der Waals surface area contributed by atoms with Crippen molar-refractivity contribution in [3.63, 3.8) is 0 Å². The maximum absolute atomic E-state index is 12.7. The molecule has 2 nitrogen and oxygen atoms in total. The molecular formula is C12H16FNO. The zero-order chi connectivity index (χ0) is 11.6. The van der Waals surface area contributed by atoms with Crippen LogP contribution in [0.4, 0.5) is 4.39 Å². The summed E-state index contributed by atoms with van der Waals surface area (Å²) in [5.74, 6) is -0.332. The summed E-state index contributed by atoms with van der Waals surface area (Å²) in [7, 11) is 3.70. The van der Waals surface area contributed by atoms with Crippen molar-refractivity contribution < 1.29 is 9.18 Å². The monoisotopic (exact) mass is 209 g/mol. The van der Waals surface area contributed by atoms with Gasteiger partial charge in [-0.3, -0.25) is 9.69 Å². The quantitative estimate of drug-likeness (QED) is 0.712. The van der Waals surface area contributed by atoms with E-state index in [1.54, 1.807) is 0 Å². The van der Waals surface area contributed by atoms with Crippen molar-refractivity contribution in [2.24, 2.45) is 0 Å². The van der Waals surface area contributed by atoms with E-state index in [2.05, 4.69) is 0 Å². The average molecular weight is 209 g/mol. The van der Waals surface area contributed by atoms with Crippen LogP contribution in [0.25, 0.3) is 0 Å². The van der Waals surface area contributed by atoms with E-state index >= 15 is 0 Å². The number of likely N-dealkylation sites (N-methyl/N-ethyl adjacent to an activating group) is 1. The van der Waals surface area contributed by atoms with E-state index in [-0.39, 0.29) is 11.6 Å². The zero-order valence-corrected chi connectivity index (χ0v) is 9.54. The van der Waals surface area contributed by atoms with Gasteiger partial charge >= 0.3 is 0 Å². The molecule has 1 aromatic carbocycles. The Morgan fingerprint density at radius 1 is 1.20 bits per heavy atom. The Morgan fingerprint density at radius 3 is 2.07 bits per heavy atom. The number of rotatable bonds is 3. The average Bonchev–Trinajstić information content (AvgIpc) is 2.17. The largest absolute Gasteiger partial charge is 0.297 e. The van der Waals surface area contributed by atoms with Crippen molar-refractivity contribution in [1.29, 1.82) is 0 Å². The summed E-state index contributed by atoms with van der Waals surface area (Å²) in [6.07, 6.45) is 0. The van der Waals surface area contributed by atoms with Gasteiger partial charge in [-0.2, -0.15) is 0 Å². The number of nitrogens with zero attached hydrogens (tertiary/aromatic N) is 1. The molecule has 0 N–H and O–H groups in total. The zero-order valence-electron chi connectivity index (χ0n) is 9.54. The first-order valence-electron chi connectivity index (χ1n) is 4.83. The SMILES string of the molecule is CN(C)C(C)(C)C(=O)c1ccc(F)cc1. The van der Waals surface area contributed by atoms with Crippen molar-refractivity contribution in [2.75, 3.05) is 14.1 Å². The van der Waals surface area contributed by atoms with Gasteiger partial charge in [0.25, 0.3) is 0 Å². The van der Waals surface area contributed by atoms with Crippen LogP contribution < -0.4 is 0 Å². The third-order valence-corrected chi connectivity index (χ3v) is 2.78. The molecule has 0 aliphatic rings. The summed E-state index contributed by atoms with van der Waals surface area (Å²) >= 11 is 0. The van der Waals surface area contributed by atoms with Crippen molar-refractivity contribution in [1.82, 2.24) is 4.90 Å². The highest BCUT2D eigenvalue weighted by molar-refractivity contribution is 6.02. The van der Waals surface area contributed by atoms with Crippen LogP contribution in [0.15, 0.2) is 24.3 Å². The highest BCUT2D eigenvalue weighted by Gasteiger charge is 2.30. The van der Waals surface area contributed by atoms with Gasteiger partial charge in [0, 0.05) is 5.56 Å². The maximum atomic E-state index is 12.7. The number of halogens is 1. The second-order valence-corrected chi connectivity index (χ2v) is 4.29. The van der Waals surface area contributed by atoms with Gasteiger partial charge in [-0.25, -0.2) is 4.39 Å². The molecule has 0 bridgehead atoms. The Bertz CT molecular complexity index is 354. The first-order valence-corrected chi connectivity index (χ1v) is 4.83. The highest BCUT2D eigenvalue weighted by Crippen LogP contribution is 2.17. The van der Waals surface area contributed by atoms with Gasteiger partial charge in [0.2, 0.25) is 0 Å². The van der Waals surface area contributed by atoms with Crippen LogP contribution in [0, 0.1) is 5.82 Å². The molecule has 15 heavy (non-hydrogen) atoms. The third kappa shape index (κ3) is 2.42. The molecule has 0 spiro atoms. The predicted octanol–water partition coefficient (Wildman–Crippen LogP) is 2.35. The minimum absolute atomic E-state index is 0.00694. The molecule has 0 saturated heterocycles. The van der Waals surface area contributed by atoms with Crippen LogP contribution >= 0.6 is 0 Å². The Kier molecular flexibility index (Phi) is 3.25. The van der Waals surface area contributed by atoms with Crippen molar-refractivity contribution in [3.05, 3.63) is 35.6 Å². The lowest BCUT2D eigenvalue weighted by atomic mass is 9.92. The number of Topliss-reactive ketones (excluding diaryl/α,β-unsaturated/α-hetero) is 1. The van der Waals surface area contributed by atoms with E-state index in [4.69, 9.17) is 0 Å². The molecule has 3 heteroatoms. The number of carbonyl (C=O) groups is 1. The minimum atomic E-state index is -0.572. The second kappa shape index (κ2) is 4.11. The highest BCUT2D eigenvalue weighted by atomic mass is 19.1. The van der Waals surface area contributed by atoms with E-state index < -0.39 is 5.54 Å². The van der Waals surface area contributed by atoms with Gasteiger partial charge < -0.3 is 0 Å². The predicted molar refractivity (Wildman–Crippen MR) is 58.5 cm³/mol. The van der Waals surface area contributed by atoms with Gasteiger partial charge in [0.1, 0.15) is 5.82 Å². The van der Waals surface area contributed by atoms with Crippen LogP contribution in [-0.2, 0) is 0 Å². The smallest absolute Gasteiger partial charge is 0.182 e. The van der Waals surface area contributed by atoms with E-state index in [1.807, 2.05) is 32.8 Å². The minimum Gasteiger partial charge on any atom is -0.297 e. The number of carbonyl (C=O) groups excluding carboxylic acids is 1. The molecule has 0 amide bonds. The first-order chi connectivity index (χ1) is 6.85. The summed E-state index contributed by atoms with van der Waals surface area (Å²) in [5, 5.41) is 0. The topological polar surface area (TPSA) is 20.3 Å². The van der Waals surface area contributed by atoms with Gasteiger partial charge in [0.15, 0.2) is 5.78 Å². The van der Waals surface area contributed by atoms with Crippen LogP contribution in [0.1, 0.15) is 24.2 Å². The Balaban J connectivity index is 3.00. The van der Waals surface area contributed by atoms with Gasteiger partial charge in [0.05, 0.1) is 5.54 Å². The molecule has 0 aliphatic carbocycles. The molecule has 0 atom stereocenters. The lowest BCUT2D eigenvalue weighted by molar-refractivity contribution is 0.0755. The first kappa shape index (κ1) is 11.9. The lowest BCUT2D eigenvalue weighted by Gasteiger charge is -2.30. The van der Waals surface area contributed by atoms with E-state index in [0.717, 1.165) is 0 Å². The Morgan fingerprint density at radius 2 is 1.67 bits per heavy atom. The Hall–Kier alpha value is -1.22. The third-order valence-electron chi connectivity index (χ3n) is 2.78. The summed E-state index contributed by atoms with van der Waals surface area (Å²) in [6, 6.07) is 5.64. The summed E-state index contributed by atoms with van der Waals surface area (Å²) in [6.45, 7) is 3.69. The van der Waals surface area contributed by atoms with Crippen LogP contribution in [0.5, 0.6) is 0 Å². The van der Waals surface area contributed by atoms with E-state index in [1.165, 1.54) is 24.3 Å². The molecule has 82 valence electrons. The summed E-state index contributed by atoms with van der Waals surface area (Å²) in [5.41, 5.74) is -0.0345. The molecule has 0 radical (unpaired) electrons. The summed E-state index contributed by atoms with van der Waals surface area (Å²) < 4.78 is 12.7. The maximum Gasteiger partial charge on any atom is 0.182 e. The number of ketones is 1. The molecule has 0 aromatic heterocycles. The molecule has 0 aliphatic heterocycles. The fourth-order valence-corrected chi connectivity index (χ4v) is 1.16. The molecule has 1 rings (SSSR count). The number of hydrogen-bond acceptors (Lipinski definition) is 2. The molecule has 0 heterocycles. The molecule has 0 saturated carbocycles. The number of benzene rings is 1.